The molecule has 0 saturated heterocycles. The molecule has 0 heterocycles. The van der Waals surface area contributed by atoms with Crippen LogP contribution in [0.25, 0.3) is 0 Å². The lowest BCUT2D eigenvalue weighted by Gasteiger charge is -2.09. The van der Waals surface area contributed by atoms with Gasteiger partial charge in [0.25, 0.3) is 10.0 Å². The van der Waals surface area contributed by atoms with Crippen molar-refractivity contribution in [3.63, 3.8) is 0 Å². The molecule has 0 atom stereocenters. The first-order chi connectivity index (χ1) is 10.2. The van der Waals surface area contributed by atoms with Gasteiger partial charge in [-0.2, -0.15) is 0 Å². The zero-order valence-electron chi connectivity index (χ0n) is 10.7. The van der Waals surface area contributed by atoms with Gasteiger partial charge in [-0.1, -0.05) is 0 Å². The molecule has 0 unspecified atom stereocenters. The molecule has 0 aromatic heterocycles. The van der Waals surface area contributed by atoms with Crippen molar-refractivity contribution in [3.8, 4) is 0 Å². The number of hydrogen-bond acceptors (Lipinski definition) is 3. The number of aromatic carboxylic acids is 1. The van der Waals surface area contributed by atoms with E-state index in [4.69, 9.17) is 5.11 Å². The number of halogens is 3. The summed E-state index contributed by atoms with van der Waals surface area (Å²) in [4.78, 5) is 10.7. The molecule has 2 aromatic carbocycles. The Morgan fingerprint density at radius 1 is 1.09 bits per heavy atom. The van der Waals surface area contributed by atoms with Crippen molar-refractivity contribution in [2.24, 2.45) is 0 Å². The van der Waals surface area contributed by atoms with E-state index in [-0.39, 0.29) is 20.6 Å². The van der Waals surface area contributed by atoms with Gasteiger partial charge in [-0.25, -0.2) is 22.0 Å². The molecular formula is C13H8BrF2NO4S. The second-order valence-corrected chi connectivity index (χ2v) is 6.72. The molecule has 0 fully saturated rings. The summed E-state index contributed by atoms with van der Waals surface area (Å²) in [7, 11) is -4.14. The summed E-state index contributed by atoms with van der Waals surface area (Å²) in [6.45, 7) is 0. The Bertz CT molecular complexity index is 855. The Hall–Kier alpha value is -2.00. The van der Waals surface area contributed by atoms with Crippen LogP contribution < -0.4 is 4.72 Å². The predicted octanol–water partition coefficient (Wildman–Crippen LogP) is 3.23. The first-order valence-electron chi connectivity index (χ1n) is 5.71. The highest BCUT2D eigenvalue weighted by Crippen LogP contribution is 2.23. The Labute approximate surface area is 132 Å². The molecule has 0 aliphatic carbocycles. The van der Waals surface area contributed by atoms with E-state index in [0.29, 0.717) is 6.07 Å². The van der Waals surface area contributed by atoms with E-state index in [1.807, 2.05) is 4.72 Å². The van der Waals surface area contributed by atoms with Gasteiger partial charge in [0.2, 0.25) is 0 Å². The molecule has 116 valence electrons. The highest BCUT2D eigenvalue weighted by Gasteiger charge is 2.19. The van der Waals surface area contributed by atoms with E-state index in [2.05, 4.69) is 15.9 Å². The number of hydrogen-bond donors (Lipinski definition) is 2. The van der Waals surface area contributed by atoms with Gasteiger partial charge in [-0.15, -0.1) is 0 Å². The molecule has 2 N–H and O–H groups in total. The van der Waals surface area contributed by atoms with Gasteiger partial charge in [-0.3, -0.25) is 4.72 Å². The molecule has 0 spiro atoms. The van der Waals surface area contributed by atoms with Crippen LogP contribution in [0.1, 0.15) is 10.4 Å². The third-order valence-electron chi connectivity index (χ3n) is 2.65. The van der Waals surface area contributed by atoms with Gasteiger partial charge >= 0.3 is 5.97 Å². The van der Waals surface area contributed by atoms with Crippen molar-refractivity contribution >= 4 is 37.6 Å². The normalized spacial score (nSPS) is 11.2. The third kappa shape index (κ3) is 3.42. The molecule has 2 aromatic rings. The molecule has 0 saturated carbocycles. The molecule has 0 amide bonds. The van der Waals surface area contributed by atoms with Crippen molar-refractivity contribution in [2.45, 2.75) is 4.90 Å². The summed E-state index contributed by atoms with van der Waals surface area (Å²) >= 11 is 2.99. The van der Waals surface area contributed by atoms with Gasteiger partial charge in [0.05, 0.1) is 16.1 Å². The van der Waals surface area contributed by atoms with Gasteiger partial charge in [0, 0.05) is 10.5 Å². The van der Waals surface area contributed by atoms with Crippen LogP contribution in [0.3, 0.4) is 0 Å². The Morgan fingerprint density at radius 3 is 2.36 bits per heavy atom. The maximum atomic E-state index is 13.1. The standard InChI is InChI=1S/C13H8BrF2NO4S/c14-10-3-2-8(6-9(10)13(18)19)22(20,21)17-7-1-4-11(15)12(16)5-7/h1-6,17H,(H,18,19). The van der Waals surface area contributed by atoms with Crippen LogP contribution in [-0.2, 0) is 10.0 Å². The van der Waals surface area contributed by atoms with E-state index in [1.54, 1.807) is 0 Å². The Balaban J connectivity index is 2.40. The van der Waals surface area contributed by atoms with E-state index in [0.717, 1.165) is 18.2 Å². The van der Waals surface area contributed by atoms with Crippen LogP contribution in [0.2, 0.25) is 0 Å². The highest BCUT2D eigenvalue weighted by molar-refractivity contribution is 9.10. The monoisotopic (exact) mass is 391 g/mol. The number of nitrogens with one attached hydrogen (secondary N) is 1. The maximum Gasteiger partial charge on any atom is 0.336 e. The summed E-state index contributed by atoms with van der Waals surface area (Å²) in [5, 5.41) is 8.98. The minimum absolute atomic E-state index is 0.182. The largest absolute Gasteiger partial charge is 0.478 e. The number of anilines is 1. The summed E-state index contributed by atoms with van der Waals surface area (Å²) < 4.78 is 52.5. The maximum absolute atomic E-state index is 13.1. The van der Waals surface area contributed by atoms with E-state index in [1.165, 1.54) is 12.1 Å². The molecule has 5 nitrogen and oxygen atoms in total. The van der Waals surface area contributed by atoms with Crippen molar-refractivity contribution in [1.29, 1.82) is 0 Å². The molecule has 0 radical (unpaired) electrons. The summed E-state index contributed by atoms with van der Waals surface area (Å²) in [5.74, 6) is -3.63. The number of carbonyl (C=O) groups is 1. The summed E-state index contributed by atoms with van der Waals surface area (Å²) in [6.07, 6.45) is 0. The average molecular weight is 392 g/mol. The molecular weight excluding hydrogens is 384 g/mol. The summed E-state index contributed by atoms with van der Waals surface area (Å²) in [6, 6.07) is 5.91. The molecule has 0 aliphatic rings. The van der Waals surface area contributed by atoms with Crippen molar-refractivity contribution < 1.29 is 27.1 Å². The molecule has 22 heavy (non-hydrogen) atoms. The molecule has 2 rings (SSSR count). The van der Waals surface area contributed by atoms with E-state index < -0.39 is 27.6 Å². The van der Waals surface area contributed by atoms with Crippen LogP contribution in [0.15, 0.2) is 45.8 Å². The van der Waals surface area contributed by atoms with Crippen LogP contribution in [0, 0.1) is 11.6 Å². The first-order valence-corrected chi connectivity index (χ1v) is 7.99. The fourth-order valence-corrected chi connectivity index (χ4v) is 3.10. The lowest BCUT2D eigenvalue weighted by atomic mass is 10.2. The first kappa shape index (κ1) is 16.4. The minimum atomic E-state index is -4.14. The van der Waals surface area contributed by atoms with Crippen molar-refractivity contribution in [2.75, 3.05) is 4.72 Å². The second-order valence-electron chi connectivity index (χ2n) is 4.18. The van der Waals surface area contributed by atoms with Gasteiger partial charge in [-0.05, 0) is 46.3 Å². The molecule has 9 heteroatoms. The van der Waals surface area contributed by atoms with Crippen molar-refractivity contribution in [1.82, 2.24) is 0 Å². The van der Waals surface area contributed by atoms with Gasteiger partial charge in [0.15, 0.2) is 11.6 Å². The fraction of sp³-hybridized carbons (Fsp3) is 0. The van der Waals surface area contributed by atoms with Crippen LogP contribution >= 0.6 is 15.9 Å². The van der Waals surface area contributed by atoms with Crippen LogP contribution in [0.5, 0.6) is 0 Å². The SMILES string of the molecule is O=C(O)c1cc(S(=O)(=O)Nc2ccc(F)c(F)c2)ccc1Br. The number of rotatable bonds is 4. The quantitative estimate of drug-likeness (QED) is 0.837. The lowest BCUT2D eigenvalue weighted by molar-refractivity contribution is 0.0695. The Morgan fingerprint density at radius 2 is 1.77 bits per heavy atom. The molecule has 0 bridgehead atoms. The topological polar surface area (TPSA) is 83.5 Å². The smallest absolute Gasteiger partial charge is 0.336 e. The van der Waals surface area contributed by atoms with Crippen molar-refractivity contribution in [3.05, 3.63) is 58.1 Å². The Kier molecular flexibility index (Phi) is 4.47. The zero-order valence-corrected chi connectivity index (χ0v) is 13.1. The highest BCUT2D eigenvalue weighted by atomic mass is 79.9. The number of sulfonamides is 1. The molecule has 0 aliphatic heterocycles. The zero-order chi connectivity index (χ0) is 16.5. The van der Waals surface area contributed by atoms with Gasteiger partial charge in [0.1, 0.15) is 0 Å². The second kappa shape index (κ2) is 6.01. The summed E-state index contributed by atoms with van der Waals surface area (Å²) in [5.41, 5.74) is -0.424. The predicted molar refractivity (Wildman–Crippen MR) is 78.3 cm³/mol. The van der Waals surface area contributed by atoms with Crippen LogP contribution in [-0.4, -0.2) is 19.5 Å². The average Bonchev–Trinajstić information content (AvgIpc) is 2.42. The van der Waals surface area contributed by atoms with E-state index in [9.17, 15) is 22.0 Å². The van der Waals surface area contributed by atoms with Gasteiger partial charge < -0.3 is 5.11 Å². The number of benzene rings is 2. The lowest BCUT2D eigenvalue weighted by Crippen LogP contribution is -2.14. The third-order valence-corrected chi connectivity index (χ3v) is 4.72. The van der Waals surface area contributed by atoms with Crippen LogP contribution in [0.4, 0.5) is 14.5 Å². The fourth-order valence-electron chi connectivity index (χ4n) is 1.61. The number of carboxylic acids is 1. The minimum Gasteiger partial charge on any atom is -0.478 e. The number of carboxylic acid groups (broad SMARTS) is 1. The van der Waals surface area contributed by atoms with E-state index >= 15 is 0 Å².